The Bertz CT molecular complexity index is 916. The molecule has 0 bridgehead atoms. The number of fused-ring (bicyclic) bond motifs is 2. The van der Waals surface area contributed by atoms with Crippen LogP contribution in [-0.4, -0.2) is 25.7 Å². The van der Waals surface area contributed by atoms with Gasteiger partial charge in [-0.25, -0.2) is 0 Å². The molecule has 0 unspecified atom stereocenters. The van der Waals surface area contributed by atoms with Crippen LogP contribution in [0, 0.1) is 5.92 Å². The van der Waals surface area contributed by atoms with Crippen molar-refractivity contribution in [1.29, 1.82) is 0 Å². The van der Waals surface area contributed by atoms with Crippen molar-refractivity contribution in [3.8, 4) is 5.75 Å². The van der Waals surface area contributed by atoms with Crippen molar-refractivity contribution in [2.45, 2.75) is 65.2 Å². The average Bonchev–Trinajstić information content (AvgIpc) is 3.01. The van der Waals surface area contributed by atoms with Gasteiger partial charge in [-0.3, -0.25) is 4.79 Å². The molecule has 5 heteroatoms. The van der Waals surface area contributed by atoms with E-state index in [2.05, 4.69) is 39.0 Å². The Morgan fingerprint density at radius 2 is 1.78 bits per heavy atom. The topological polar surface area (TPSA) is 48.0 Å². The van der Waals surface area contributed by atoms with Gasteiger partial charge in [-0.15, -0.1) is 0 Å². The number of hydrogen-bond donors (Lipinski definition) is 0. The van der Waals surface area contributed by atoms with E-state index in [1.807, 2.05) is 24.3 Å². The quantitative estimate of drug-likeness (QED) is 0.513. The minimum absolute atomic E-state index is 0.128. The van der Waals surface area contributed by atoms with Gasteiger partial charge in [-0.1, -0.05) is 45.4 Å². The Hall–Kier alpha value is -2.37. The van der Waals surface area contributed by atoms with E-state index in [1.54, 1.807) is 4.90 Å². The lowest BCUT2D eigenvalue weighted by molar-refractivity contribution is -0.256. The second-order valence-corrected chi connectivity index (χ2v) is 9.19. The molecule has 0 saturated carbocycles. The fourth-order valence-electron chi connectivity index (χ4n) is 4.28. The Kier molecular flexibility index (Phi) is 7.17. The first-order valence-corrected chi connectivity index (χ1v) is 12.0. The summed E-state index contributed by atoms with van der Waals surface area (Å²) in [6.45, 7) is 8.82. The number of ether oxygens (including phenoxy) is 3. The van der Waals surface area contributed by atoms with E-state index in [-0.39, 0.29) is 5.91 Å². The monoisotopic (exact) mass is 437 g/mol. The highest BCUT2D eigenvalue weighted by Gasteiger charge is 2.54. The molecule has 0 N–H and O–H groups in total. The summed E-state index contributed by atoms with van der Waals surface area (Å²) >= 11 is 0. The lowest BCUT2D eigenvalue weighted by Gasteiger charge is -2.32. The molecule has 2 aromatic carbocycles. The van der Waals surface area contributed by atoms with Gasteiger partial charge in [-0.2, -0.15) is 0 Å². The Morgan fingerprint density at radius 1 is 1.06 bits per heavy atom. The third-order valence-electron chi connectivity index (χ3n) is 6.18. The maximum Gasteiger partial charge on any atom is 0.292 e. The number of anilines is 1. The molecular formula is C27H35NO4. The van der Waals surface area contributed by atoms with Crippen LogP contribution in [0.1, 0.15) is 63.1 Å². The fraction of sp³-hybridized carbons (Fsp3) is 0.519. The normalized spacial score (nSPS) is 17.2. The molecule has 32 heavy (non-hydrogen) atoms. The van der Waals surface area contributed by atoms with Gasteiger partial charge in [0.15, 0.2) is 0 Å². The molecule has 2 aromatic rings. The van der Waals surface area contributed by atoms with Gasteiger partial charge < -0.3 is 19.1 Å². The summed E-state index contributed by atoms with van der Waals surface area (Å²) in [4.78, 5) is 15.4. The summed E-state index contributed by atoms with van der Waals surface area (Å²) in [5, 5.41) is 0. The molecule has 2 aliphatic rings. The third kappa shape index (κ3) is 4.69. The SMILES string of the molecule is CCCCc1ccc2c(c1)C1(OCCCO1)C(=O)N2Cc1ccc(OCCC(C)C)cc1. The van der Waals surface area contributed by atoms with Gasteiger partial charge in [0.2, 0.25) is 0 Å². The van der Waals surface area contributed by atoms with Crippen LogP contribution in [0.5, 0.6) is 5.75 Å². The molecule has 2 heterocycles. The zero-order chi connectivity index (χ0) is 22.6. The third-order valence-corrected chi connectivity index (χ3v) is 6.18. The Labute approximate surface area is 191 Å². The fourth-order valence-corrected chi connectivity index (χ4v) is 4.28. The van der Waals surface area contributed by atoms with Crippen molar-refractivity contribution in [3.05, 3.63) is 59.2 Å². The molecule has 5 nitrogen and oxygen atoms in total. The smallest absolute Gasteiger partial charge is 0.292 e. The zero-order valence-corrected chi connectivity index (χ0v) is 19.6. The largest absolute Gasteiger partial charge is 0.494 e. The van der Waals surface area contributed by atoms with E-state index in [0.717, 1.165) is 54.7 Å². The standard InChI is InChI=1S/C27H35NO4/c1-4-5-7-21-10-13-25-24(18-21)27(31-15-6-16-32-27)26(29)28(25)19-22-8-11-23(12-9-22)30-17-14-20(2)3/h8-13,18,20H,4-7,14-17,19H2,1-3H3. The first kappa shape index (κ1) is 22.8. The van der Waals surface area contributed by atoms with Gasteiger partial charge in [0.25, 0.3) is 11.7 Å². The molecule has 0 aromatic heterocycles. The van der Waals surface area contributed by atoms with Gasteiger partial charge in [0.05, 0.1) is 32.1 Å². The van der Waals surface area contributed by atoms with Crippen molar-refractivity contribution in [3.63, 3.8) is 0 Å². The minimum Gasteiger partial charge on any atom is -0.494 e. The highest BCUT2D eigenvalue weighted by molar-refractivity contribution is 6.06. The van der Waals surface area contributed by atoms with Crippen LogP contribution < -0.4 is 9.64 Å². The maximum atomic E-state index is 13.6. The number of amides is 1. The molecule has 1 saturated heterocycles. The summed E-state index contributed by atoms with van der Waals surface area (Å²) < 4.78 is 17.9. The molecular weight excluding hydrogens is 402 g/mol. The van der Waals surface area contributed by atoms with Crippen molar-refractivity contribution >= 4 is 11.6 Å². The molecule has 1 fully saturated rings. The lowest BCUT2D eigenvalue weighted by Crippen LogP contribution is -2.47. The number of benzene rings is 2. The molecule has 0 radical (unpaired) electrons. The average molecular weight is 438 g/mol. The number of nitrogens with zero attached hydrogens (tertiary/aromatic N) is 1. The van der Waals surface area contributed by atoms with E-state index in [9.17, 15) is 4.79 Å². The van der Waals surface area contributed by atoms with E-state index in [0.29, 0.717) is 32.3 Å². The van der Waals surface area contributed by atoms with Gasteiger partial charge >= 0.3 is 0 Å². The highest BCUT2D eigenvalue weighted by Crippen LogP contribution is 2.46. The number of unbranched alkanes of at least 4 members (excludes halogenated alkanes) is 1. The van der Waals surface area contributed by atoms with Crippen molar-refractivity contribution in [2.75, 3.05) is 24.7 Å². The van der Waals surface area contributed by atoms with E-state index in [1.165, 1.54) is 5.56 Å². The summed E-state index contributed by atoms with van der Waals surface area (Å²) in [5.41, 5.74) is 4.00. The first-order valence-electron chi connectivity index (χ1n) is 12.0. The van der Waals surface area contributed by atoms with Crippen LogP contribution in [0.2, 0.25) is 0 Å². The van der Waals surface area contributed by atoms with E-state index < -0.39 is 5.79 Å². The molecule has 1 spiro atoms. The van der Waals surface area contributed by atoms with Crippen LogP contribution in [-0.2, 0) is 33.0 Å². The highest BCUT2D eigenvalue weighted by atomic mass is 16.7. The van der Waals surface area contributed by atoms with Crippen LogP contribution in [0.4, 0.5) is 5.69 Å². The predicted octanol–water partition coefficient (Wildman–Crippen LogP) is 5.59. The molecule has 2 aliphatic heterocycles. The van der Waals surface area contributed by atoms with Crippen LogP contribution in [0.15, 0.2) is 42.5 Å². The predicted molar refractivity (Wildman–Crippen MR) is 126 cm³/mol. The lowest BCUT2D eigenvalue weighted by atomic mass is 10.00. The van der Waals surface area contributed by atoms with E-state index in [4.69, 9.17) is 14.2 Å². The number of hydrogen-bond acceptors (Lipinski definition) is 4. The number of carbonyl (C=O) groups is 1. The van der Waals surface area contributed by atoms with Gasteiger partial charge in [0.1, 0.15) is 5.75 Å². The summed E-state index contributed by atoms with van der Waals surface area (Å²) in [6, 6.07) is 14.3. The van der Waals surface area contributed by atoms with Crippen LogP contribution in [0.3, 0.4) is 0 Å². The second-order valence-electron chi connectivity index (χ2n) is 9.19. The number of rotatable bonds is 9. The molecule has 0 atom stereocenters. The Morgan fingerprint density at radius 3 is 2.47 bits per heavy atom. The second kappa shape index (κ2) is 10.1. The van der Waals surface area contributed by atoms with Gasteiger partial charge in [0, 0.05) is 5.56 Å². The van der Waals surface area contributed by atoms with Crippen molar-refractivity contribution < 1.29 is 19.0 Å². The summed E-state index contributed by atoms with van der Waals surface area (Å²) in [7, 11) is 0. The molecule has 172 valence electrons. The van der Waals surface area contributed by atoms with Crippen LogP contribution in [0.25, 0.3) is 0 Å². The van der Waals surface area contributed by atoms with Crippen molar-refractivity contribution in [2.24, 2.45) is 5.92 Å². The minimum atomic E-state index is -1.30. The first-order chi connectivity index (χ1) is 15.5. The Balaban J connectivity index is 1.55. The zero-order valence-electron chi connectivity index (χ0n) is 19.6. The molecule has 0 aliphatic carbocycles. The van der Waals surface area contributed by atoms with Crippen LogP contribution >= 0.6 is 0 Å². The van der Waals surface area contributed by atoms with E-state index >= 15 is 0 Å². The molecule has 1 amide bonds. The summed E-state index contributed by atoms with van der Waals surface area (Å²) in [6.07, 6.45) is 5.09. The van der Waals surface area contributed by atoms with Gasteiger partial charge in [-0.05, 0) is 67.0 Å². The number of aryl methyl sites for hydroxylation is 1. The van der Waals surface area contributed by atoms with Crippen molar-refractivity contribution in [1.82, 2.24) is 0 Å². The summed E-state index contributed by atoms with van der Waals surface area (Å²) in [5.74, 6) is 0.0561. The molecule has 4 rings (SSSR count). The maximum absolute atomic E-state index is 13.6. The number of carbonyl (C=O) groups excluding carboxylic acids is 1.